The normalized spacial score (nSPS) is 14.1. The average molecular weight is 328 g/mol. The molecule has 1 aromatic carbocycles. The summed E-state index contributed by atoms with van der Waals surface area (Å²) in [6.07, 6.45) is -11.7. The summed E-state index contributed by atoms with van der Waals surface area (Å²) in [6.45, 7) is 7.29. The molecular weight excluding hydrogens is 314 g/mol. The molecule has 8 heteroatoms. The van der Waals surface area contributed by atoms with E-state index in [4.69, 9.17) is 0 Å². The molecule has 0 aromatic heterocycles. The molecule has 0 aliphatic heterocycles. The highest BCUT2D eigenvalue weighted by Gasteiger charge is 2.71. The van der Waals surface area contributed by atoms with Crippen LogP contribution in [0.1, 0.15) is 5.56 Å². The van der Waals surface area contributed by atoms with Gasteiger partial charge in [0.2, 0.25) is 0 Å². The molecule has 118 valence electrons. The van der Waals surface area contributed by atoms with Crippen LogP contribution in [0.25, 0.3) is 0 Å². The molecule has 0 aliphatic carbocycles. The number of hydrogen-bond donors (Lipinski definition) is 1. The fourth-order valence-electron chi connectivity index (χ4n) is 1.75. The van der Waals surface area contributed by atoms with Crippen LogP contribution < -0.4 is 5.19 Å². The lowest BCUT2D eigenvalue weighted by Crippen LogP contribution is -2.54. The molecule has 0 atom stereocenters. The van der Waals surface area contributed by atoms with Crippen LogP contribution in [0.3, 0.4) is 0 Å². The van der Waals surface area contributed by atoms with Gasteiger partial charge in [0.15, 0.2) is 0 Å². The van der Waals surface area contributed by atoms with E-state index in [1.54, 1.807) is 5.70 Å². The highest BCUT2D eigenvalue weighted by Crippen LogP contribution is 2.49. The van der Waals surface area contributed by atoms with E-state index in [0.717, 1.165) is 0 Å². The van der Waals surface area contributed by atoms with E-state index in [9.17, 15) is 31.4 Å². The lowest BCUT2D eigenvalue weighted by molar-refractivity contribution is -0.376. The first-order chi connectivity index (χ1) is 9.27. The Bertz CT molecular complexity index is 501. The summed E-state index contributed by atoms with van der Waals surface area (Å²) in [6, 6.07) is 3.67. The van der Waals surface area contributed by atoms with E-state index >= 15 is 0 Å². The third-order valence-electron chi connectivity index (χ3n) is 3.38. The van der Waals surface area contributed by atoms with Crippen molar-refractivity contribution in [3.63, 3.8) is 0 Å². The maximum atomic E-state index is 12.7. The third kappa shape index (κ3) is 3.01. The van der Waals surface area contributed by atoms with Gasteiger partial charge < -0.3 is 5.11 Å². The summed E-state index contributed by atoms with van der Waals surface area (Å²) in [5.41, 5.74) is -4.47. The molecule has 21 heavy (non-hydrogen) atoms. The Balaban J connectivity index is 3.41. The quantitative estimate of drug-likeness (QED) is 0.663. The minimum Gasteiger partial charge on any atom is -0.369 e. The molecule has 1 rings (SSSR count). The summed E-state index contributed by atoms with van der Waals surface area (Å²) in [5, 5.41) is 9.87. The van der Waals surface area contributed by atoms with Gasteiger partial charge in [-0.1, -0.05) is 48.2 Å². The fraction of sp³-hybridized carbons (Fsp3) is 0.385. The van der Waals surface area contributed by atoms with Crippen LogP contribution in [0.4, 0.5) is 26.3 Å². The third-order valence-corrected chi connectivity index (χ3v) is 6.22. The molecule has 0 aliphatic rings. The summed E-state index contributed by atoms with van der Waals surface area (Å²) in [7, 11) is -2.11. The van der Waals surface area contributed by atoms with Gasteiger partial charge >= 0.3 is 12.4 Å². The zero-order chi connectivity index (χ0) is 16.7. The Labute approximate surface area is 118 Å². The van der Waals surface area contributed by atoms with Crippen LogP contribution >= 0.6 is 0 Å². The maximum absolute atomic E-state index is 12.7. The van der Waals surface area contributed by atoms with Crippen molar-refractivity contribution in [1.82, 2.24) is 0 Å². The summed E-state index contributed by atoms with van der Waals surface area (Å²) in [4.78, 5) is 0. The van der Waals surface area contributed by atoms with E-state index in [1.807, 2.05) is 13.1 Å². The molecule has 1 nitrogen and oxygen atoms in total. The first-order valence-electron chi connectivity index (χ1n) is 5.88. The molecule has 0 saturated heterocycles. The molecule has 0 spiro atoms. The van der Waals surface area contributed by atoms with Crippen molar-refractivity contribution >= 4 is 13.3 Å². The lowest BCUT2D eigenvalue weighted by atomic mass is 9.92. The van der Waals surface area contributed by atoms with Gasteiger partial charge in [-0.15, -0.1) is 6.58 Å². The molecule has 0 radical (unpaired) electrons. The molecule has 0 unspecified atom stereocenters. The molecule has 0 saturated carbocycles. The second-order valence-electron chi connectivity index (χ2n) is 5.21. The predicted octanol–water partition coefficient (Wildman–Crippen LogP) is 3.64. The monoisotopic (exact) mass is 328 g/mol. The first-order valence-corrected chi connectivity index (χ1v) is 8.95. The number of aliphatic hydroxyl groups is 1. The zero-order valence-corrected chi connectivity index (χ0v) is 12.3. The SMILES string of the molecule is C=C[Si](C)(C)c1ccc(C(O)(C(F)(F)F)C(F)(F)F)cc1. The molecule has 1 aromatic rings. The van der Waals surface area contributed by atoms with Crippen molar-refractivity contribution in [3.8, 4) is 0 Å². The first kappa shape index (κ1) is 17.8. The highest BCUT2D eigenvalue weighted by atomic mass is 28.3. The van der Waals surface area contributed by atoms with Crippen molar-refractivity contribution in [2.24, 2.45) is 0 Å². The maximum Gasteiger partial charge on any atom is 0.430 e. The summed E-state index contributed by atoms with van der Waals surface area (Å²) >= 11 is 0. The highest BCUT2D eigenvalue weighted by molar-refractivity contribution is 6.93. The van der Waals surface area contributed by atoms with E-state index in [2.05, 4.69) is 6.58 Å². The Morgan fingerprint density at radius 3 is 1.62 bits per heavy atom. The van der Waals surface area contributed by atoms with Crippen molar-refractivity contribution < 1.29 is 31.4 Å². The number of benzene rings is 1. The van der Waals surface area contributed by atoms with Gasteiger partial charge in [0.05, 0.1) is 0 Å². The van der Waals surface area contributed by atoms with Gasteiger partial charge in [0.25, 0.3) is 5.60 Å². The Kier molecular flexibility index (Phi) is 4.37. The zero-order valence-electron chi connectivity index (χ0n) is 11.3. The summed E-state index contributed by atoms with van der Waals surface area (Å²) in [5.74, 6) is 0. The van der Waals surface area contributed by atoms with Gasteiger partial charge in [0, 0.05) is 5.56 Å². The largest absolute Gasteiger partial charge is 0.430 e. The van der Waals surface area contributed by atoms with Crippen molar-refractivity contribution in [1.29, 1.82) is 0 Å². The van der Waals surface area contributed by atoms with E-state index in [1.165, 1.54) is 12.1 Å². The predicted molar refractivity (Wildman–Crippen MR) is 69.8 cm³/mol. The minimum absolute atomic E-state index is 0.618. The number of alkyl halides is 6. The minimum atomic E-state index is -5.86. The molecule has 0 amide bonds. The van der Waals surface area contributed by atoms with Gasteiger partial charge in [-0.05, 0) is 0 Å². The lowest BCUT2D eigenvalue weighted by Gasteiger charge is -2.33. The fourth-order valence-corrected chi connectivity index (χ4v) is 3.01. The topological polar surface area (TPSA) is 20.2 Å². The van der Waals surface area contributed by atoms with E-state index < -0.39 is 31.6 Å². The number of hydrogen-bond acceptors (Lipinski definition) is 1. The van der Waals surface area contributed by atoms with Crippen molar-refractivity contribution in [2.75, 3.05) is 0 Å². The van der Waals surface area contributed by atoms with Crippen LogP contribution in [-0.2, 0) is 5.60 Å². The van der Waals surface area contributed by atoms with Crippen LogP contribution in [-0.4, -0.2) is 25.5 Å². The van der Waals surface area contributed by atoms with E-state index in [0.29, 0.717) is 17.3 Å². The number of rotatable bonds is 3. The molecule has 1 N–H and O–H groups in total. The Morgan fingerprint density at radius 2 is 1.33 bits per heavy atom. The van der Waals surface area contributed by atoms with Crippen LogP contribution in [0.2, 0.25) is 13.1 Å². The van der Waals surface area contributed by atoms with Gasteiger partial charge in [-0.3, -0.25) is 0 Å². The van der Waals surface area contributed by atoms with Crippen molar-refractivity contribution in [3.05, 3.63) is 42.1 Å². The number of halogens is 6. The van der Waals surface area contributed by atoms with Crippen LogP contribution in [0.15, 0.2) is 36.5 Å². The smallest absolute Gasteiger partial charge is 0.369 e. The molecule has 0 fully saturated rings. The van der Waals surface area contributed by atoms with E-state index in [-0.39, 0.29) is 0 Å². The van der Waals surface area contributed by atoms with Gasteiger partial charge in [0.1, 0.15) is 8.07 Å². The average Bonchev–Trinajstić information content (AvgIpc) is 2.35. The summed E-state index contributed by atoms with van der Waals surface area (Å²) < 4.78 is 76.3. The van der Waals surface area contributed by atoms with Gasteiger partial charge in [-0.25, -0.2) is 0 Å². The molecule has 0 heterocycles. The van der Waals surface area contributed by atoms with Crippen LogP contribution in [0.5, 0.6) is 0 Å². The Morgan fingerprint density at radius 1 is 0.952 bits per heavy atom. The standard InChI is InChI=1S/C13H14F6OSi/c1-4-21(2,3)10-7-5-9(6-8-10)11(20,12(14,15)16)13(17,18)19/h4-8,20H,1H2,2-3H3. The molecule has 0 bridgehead atoms. The molecular formula is C13H14F6OSi. The van der Waals surface area contributed by atoms with Gasteiger partial charge in [-0.2, -0.15) is 26.3 Å². The van der Waals surface area contributed by atoms with Crippen molar-refractivity contribution in [2.45, 2.75) is 31.0 Å². The van der Waals surface area contributed by atoms with Crippen LogP contribution in [0, 0.1) is 0 Å². The second kappa shape index (κ2) is 5.17. The second-order valence-corrected chi connectivity index (χ2v) is 9.64. The Hall–Kier alpha value is -1.28.